The molecule has 0 amide bonds. The molecule has 1 aromatic rings. The van der Waals surface area contributed by atoms with Gasteiger partial charge in [0.1, 0.15) is 0 Å². The Morgan fingerprint density at radius 1 is 1.23 bits per heavy atom. The number of nitrogens with zero attached hydrogens (tertiary/aromatic N) is 2. The lowest BCUT2D eigenvalue weighted by Crippen LogP contribution is -2.38. The van der Waals surface area contributed by atoms with Crippen molar-refractivity contribution in [1.82, 2.24) is 15.5 Å². The fourth-order valence-electron chi connectivity index (χ4n) is 2.44. The first kappa shape index (κ1) is 25.5. The van der Waals surface area contributed by atoms with Crippen LogP contribution in [-0.4, -0.2) is 49.8 Å². The van der Waals surface area contributed by atoms with Crippen LogP contribution in [0.4, 0.5) is 0 Å². The number of unbranched alkanes of at least 4 members (excludes halogenated alkanes) is 1. The molecule has 0 unspecified atom stereocenters. The summed E-state index contributed by atoms with van der Waals surface area (Å²) in [6, 6.07) is 7.21. The molecule has 1 rings (SSSR count). The first-order valence-corrected chi connectivity index (χ1v) is 10.6. The van der Waals surface area contributed by atoms with Gasteiger partial charge in [0.15, 0.2) is 5.96 Å². The Labute approximate surface area is 182 Å². The van der Waals surface area contributed by atoms with Crippen molar-refractivity contribution in [2.24, 2.45) is 4.99 Å². The first-order valence-electron chi connectivity index (χ1n) is 9.33. The number of hydrogen-bond donors (Lipinski definition) is 2. The Hall–Kier alpha value is -0.470. The van der Waals surface area contributed by atoms with E-state index in [0.29, 0.717) is 12.6 Å². The average Bonchev–Trinajstić information content (AvgIpc) is 2.59. The average molecular weight is 493 g/mol. The number of nitrogens with one attached hydrogen (secondary N) is 2. The predicted molar refractivity (Wildman–Crippen MR) is 128 cm³/mol. The molecule has 0 spiro atoms. The van der Waals surface area contributed by atoms with Gasteiger partial charge in [-0.2, -0.15) is 0 Å². The summed E-state index contributed by atoms with van der Waals surface area (Å²) in [5.74, 6) is 0.910. The minimum Gasteiger partial charge on any atom is -0.357 e. The molecule has 0 saturated heterocycles. The summed E-state index contributed by atoms with van der Waals surface area (Å²) in [6.45, 7) is 12.4. The molecular weight excluding hydrogens is 455 g/mol. The molecule has 0 fully saturated rings. The number of guanidine groups is 1. The minimum atomic E-state index is 0. The Morgan fingerprint density at radius 3 is 2.58 bits per heavy atom. The minimum absolute atomic E-state index is 0. The normalized spacial score (nSPS) is 11.6. The molecule has 150 valence electrons. The van der Waals surface area contributed by atoms with Crippen LogP contribution in [0.5, 0.6) is 0 Å². The maximum atomic E-state index is 4.75. The number of halogens is 1. The third kappa shape index (κ3) is 10.0. The van der Waals surface area contributed by atoms with Gasteiger partial charge in [-0.3, -0.25) is 0 Å². The number of hydrogen-bond acceptors (Lipinski definition) is 3. The summed E-state index contributed by atoms with van der Waals surface area (Å²) in [5, 5.41) is 6.80. The smallest absolute Gasteiger partial charge is 0.191 e. The zero-order valence-electron chi connectivity index (χ0n) is 17.3. The Balaban J connectivity index is 0.00000625. The van der Waals surface area contributed by atoms with Crippen molar-refractivity contribution in [2.45, 2.75) is 58.0 Å². The highest BCUT2D eigenvalue weighted by atomic mass is 127. The maximum absolute atomic E-state index is 4.75. The summed E-state index contributed by atoms with van der Waals surface area (Å²) >= 11 is 1.79. The largest absolute Gasteiger partial charge is 0.357 e. The van der Waals surface area contributed by atoms with Crippen LogP contribution in [0.25, 0.3) is 0 Å². The van der Waals surface area contributed by atoms with E-state index in [1.165, 1.54) is 22.4 Å². The molecule has 1 aromatic carbocycles. The number of aliphatic imine (C=N–C) groups is 1. The quantitative estimate of drug-likeness (QED) is 0.166. The summed E-state index contributed by atoms with van der Waals surface area (Å²) in [5.41, 5.74) is 2.59. The van der Waals surface area contributed by atoms with Crippen molar-refractivity contribution in [1.29, 1.82) is 0 Å². The summed E-state index contributed by atoms with van der Waals surface area (Å²) in [6.07, 6.45) is 4.48. The molecule has 0 radical (unpaired) electrons. The van der Waals surface area contributed by atoms with Gasteiger partial charge >= 0.3 is 0 Å². The number of rotatable bonds is 10. The molecule has 0 aliphatic carbocycles. The van der Waals surface area contributed by atoms with E-state index in [9.17, 15) is 0 Å². The molecule has 4 nitrogen and oxygen atoms in total. The molecule has 2 N–H and O–H groups in total. The van der Waals surface area contributed by atoms with E-state index in [0.717, 1.165) is 32.0 Å². The van der Waals surface area contributed by atoms with Gasteiger partial charge in [0, 0.05) is 24.0 Å². The molecule has 0 heterocycles. The highest BCUT2D eigenvalue weighted by Crippen LogP contribution is 2.22. The molecule has 6 heteroatoms. The van der Waals surface area contributed by atoms with Crippen LogP contribution in [0.2, 0.25) is 0 Å². The molecule has 0 atom stereocenters. The van der Waals surface area contributed by atoms with Gasteiger partial charge in [0.25, 0.3) is 0 Å². The van der Waals surface area contributed by atoms with Crippen LogP contribution in [0.15, 0.2) is 28.1 Å². The van der Waals surface area contributed by atoms with E-state index < -0.39 is 0 Å². The SMILES string of the molecule is CCNC(=NCc1ccc(C)cc1SC)NCCCCN(C)C(C)C.I. The van der Waals surface area contributed by atoms with Gasteiger partial charge in [-0.15, -0.1) is 35.7 Å². The molecule has 0 aliphatic heterocycles. The van der Waals surface area contributed by atoms with E-state index >= 15 is 0 Å². The summed E-state index contributed by atoms with van der Waals surface area (Å²) < 4.78 is 0. The van der Waals surface area contributed by atoms with Crippen LogP contribution >= 0.6 is 35.7 Å². The van der Waals surface area contributed by atoms with Gasteiger partial charge in [-0.25, -0.2) is 4.99 Å². The van der Waals surface area contributed by atoms with Crippen LogP contribution < -0.4 is 10.6 Å². The van der Waals surface area contributed by atoms with Gasteiger partial charge in [0.05, 0.1) is 6.54 Å². The predicted octanol–water partition coefficient (Wildman–Crippen LogP) is 4.51. The number of benzene rings is 1. The Kier molecular flexibility index (Phi) is 14.3. The topological polar surface area (TPSA) is 39.7 Å². The van der Waals surface area contributed by atoms with Crippen molar-refractivity contribution in [3.63, 3.8) is 0 Å². The van der Waals surface area contributed by atoms with Crippen molar-refractivity contribution in [2.75, 3.05) is 32.9 Å². The molecule has 0 saturated carbocycles. The van der Waals surface area contributed by atoms with Gasteiger partial charge in [0.2, 0.25) is 0 Å². The highest BCUT2D eigenvalue weighted by Gasteiger charge is 2.04. The highest BCUT2D eigenvalue weighted by molar-refractivity contribution is 14.0. The van der Waals surface area contributed by atoms with Crippen LogP contribution in [-0.2, 0) is 6.54 Å². The van der Waals surface area contributed by atoms with Crippen molar-refractivity contribution in [3.8, 4) is 0 Å². The van der Waals surface area contributed by atoms with Crippen molar-refractivity contribution < 1.29 is 0 Å². The second kappa shape index (κ2) is 14.6. The molecule has 26 heavy (non-hydrogen) atoms. The molecule has 0 bridgehead atoms. The lowest BCUT2D eigenvalue weighted by Gasteiger charge is -2.20. The number of thioether (sulfide) groups is 1. The van der Waals surface area contributed by atoms with Crippen molar-refractivity contribution >= 4 is 41.7 Å². The third-order valence-electron chi connectivity index (χ3n) is 4.31. The lowest BCUT2D eigenvalue weighted by atomic mass is 10.1. The lowest BCUT2D eigenvalue weighted by molar-refractivity contribution is 0.268. The third-order valence-corrected chi connectivity index (χ3v) is 5.13. The van der Waals surface area contributed by atoms with E-state index in [1.54, 1.807) is 11.8 Å². The maximum Gasteiger partial charge on any atom is 0.191 e. The number of aryl methyl sites for hydroxylation is 1. The fraction of sp³-hybridized carbons (Fsp3) is 0.650. The first-order chi connectivity index (χ1) is 12.0. The van der Waals surface area contributed by atoms with E-state index in [1.807, 2.05) is 0 Å². The van der Waals surface area contributed by atoms with Gasteiger partial charge < -0.3 is 15.5 Å². The zero-order chi connectivity index (χ0) is 18.7. The summed E-state index contributed by atoms with van der Waals surface area (Å²) in [4.78, 5) is 8.46. The Bertz CT molecular complexity index is 535. The van der Waals surface area contributed by atoms with E-state index in [-0.39, 0.29) is 24.0 Å². The van der Waals surface area contributed by atoms with E-state index in [4.69, 9.17) is 4.99 Å². The van der Waals surface area contributed by atoms with Gasteiger partial charge in [-0.1, -0.05) is 12.1 Å². The Morgan fingerprint density at radius 2 is 1.96 bits per heavy atom. The molecular formula is C20H37IN4S. The molecule has 0 aliphatic rings. The van der Waals surface area contributed by atoms with Crippen molar-refractivity contribution in [3.05, 3.63) is 29.3 Å². The summed E-state index contributed by atoms with van der Waals surface area (Å²) in [7, 11) is 2.19. The van der Waals surface area contributed by atoms with Crippen LogP contribution in [0.3, 0.4) is 0 Å². The van der Waals surface area contributed by atoms with Crippen LogP contribution in [0.1, 0.15) is 44.7 Å². The molecule has 0 aromatic heterocycles. The zero-order valence-corrected chi connectivity index (χ0v) is 20.4. The monoisotopic (exact) mass is 492 g/mol. The second-order valence-corrected chi connectivity index (χ2v) is 7.57. The second-order valence-electron chi connectivity index (χ2n) is 6.72. The van der Waals surface area contributed by atoms with E-state index in [2.05, 4.69) is 74.7 Å². The fourth-order valence-corrected chi connectivity index (χ4v) is 3.14. The van der Waals surface area contributed by atoms with Gasteiger partial charge in [-0.05, 0) is 77.6 Å². The van der Waals surface area contributed by atoms with Crippen LogP contribution in [0, 0.1) is 6.92 Å². The standard InChI is InChI=1S/C20H36N4S.HI/c1-7-21-20(22-12-8-9-13-24(5)16(2)3)23-15-18-11-10-17(4)14-19(18)25-6;/h10-11,14,16H,7-9,12-13,15H2,1-6H3,(H2,21,22,23);1H.